The Balaban J connectivity index is 1.71. The average molecular weight is 360 g/mol. The van der Waals surface area contributed by atoms with E-state index in [2.05, 4.69) is 20.8 Å². The van der Waals surface area contributed by atoms with E-state index < -0.39 is 6.61 Å². The Morgan fingerprint density at radius 2 is 1.88 bits per heavy atom. The van der Waals surface area contributed by atoms with Crippen molar-refractivity contribution in [1.29, 1.82) is 0 Å². The average Bonchev–Trinajstić information content (AvgIpc) is 2.92. The number of aliphatic hydroxyl groups excluding tert-OH is 1. The number of carbonyl (C=O) groups is 3. The van der Waals surface area contributed by atoms with E-state index in [4.69, 9.17) is 0 Å². The molecule has 0 aromatic carbocycles. The molecule has 4 rings (SSSR count). The van der Waals surface area contributed by atoms with Crippen LogP contribution in [0.1, 0.15) is 65.7 Å². The van der Waals surface area contributed by atoms with E-state index in [1.807, 2.05) is 0 Å². The summed E-state index contributed by atoms with van der Waals surface area (Å²) in [6.07, 6.45) is 5.38. The molecule has 4 aliphatic rings. The van der Waals surface area contributed by atoms with Crippen LogP contribution in [0.5, 0.6) is 0 Å². The maximum absolute atomic E-state index is 13.4. The van der Waals surface area contributed by atoms with Gasteiger partial charge in [0.05, 0.1) is 0 Å². The number of carbonyl (C=O) groups excluding carboxylic acids is 3. The van der Waals surface area contributed by atoms with Gasteiger partial charge < -0.3 is 5.11 Å². The lowest BCUT2D eigenvalue weighted by atomic mass is 9.42. The monoisotopic (exact) mass is 360 g/mol. The van der Waals surface area contributed by atoms with Crippen LogP contribution in [0.2, 0.25) is 0 Å². The van der Waals surface area contributed by atoms with E-state index >= 15 is 0 Å². The van der Waals surface area contributed by atoms with Crippen LogP contribution in [0, 0.1) is 46.3 Å². The molecule has 0 aromatic rings. The summed E-state index contributed by atoms with van der Waals surface area (Å²) in [5.74, 6) is 1.99. The van der Waals surface area contributed by atoms with Crippen molar-refractivity contribution in [3.8, 4) is 0 Å². The molecular formula is C22H32O4. The minimum Gasteiger partial charge on any atom is -0.389 e. The Kier molecular flexibility index (Phi) is 4.22. The highest BCUT2D eigenvalue weighted by Crippen LogP contribution is 2.67. The lowest BCUT2D eigenvalue weighted by Crippen LogP contribution is -2.59. The zero-order chi connectivity index (χ0) is 18.9. The molecule has 0 bridgehead atoms. The Morgan fingerprint density at radius 1 is 1.15 bits per heavy atom. The van der Waals surface area contributed by atoms with Crippen LogP contribution < -0.4 is 0 Å². The fourth-order valence-corrected chi connectivity index (χ4v) is 7.98. The predicted molar refractivity (Wildman–Crippen MR) is 97.3 cm³/mol. The molecule has 0 amide bonds. The summed E-state index contributed by atoms with van der Waals surface area (Å²) in [5, 5.41) is 9.39. The molecule has 144 valence electrons. The van der Waals surface area contributed by atoms with Crippen LogP contribution >= 0.6 is 0 Å². The molecule has 8 atom stereocenters. The second-order valence-electron chi connectivity index (χ2n) is 10.2. The molecule has 0 spiro atoms. The molecule has 0 heterocycles. The van der Waals surface area contributed by atoms with E-state index in [0.717, 1.165) is 25.7 Å². The molecule has 1 N–H and O–H groups in total. The van der Waals surface area contributed by atoms with Gasteiger partial charge in [0.2, 0.25) is 0 Å². The van der Waals surface area contributed by atoms with E-state index in [0.29, 0.717) is 54.5 Å². The largest absolute Gasteiger partial charge is 0.389 e. The Bertz CT molecular complexity index is 655. The van der Waals surface area contributed by atoms with Crippen LogP contribution in [-0.4, -0.2) is 29.1 Å². The fraction of sp³-hybridized carbons (Fsp3) is 0.864. The maximum atomic E-state index is 13.4. The molecule has 26 heavy (non-hydrogen) atoms. The standard InChI is InChI=1S/C22H32O4/c1-12-8-14-15-4-5-16(19(26)11-23)22(15,3)10-18(25)20(14)21(2)7-6-13(24)9-17(12)21/h12,14-17,20,23H,4-11H2,1-3H3/t12-,14-,15-,16+,17-,20+,21-,22-/m0/s1. The maximum Gasteiger partial charge on any atom is 0.161 e. The molecule has 4 saturated carbocycles. The number of ketones is 3. The SMILES string of the molecule is C[C@H]1C[C@H]2[C@@H]3CC[C@H](C(=O)CO)[C@@]3(C)CC(=O)[C@@H]2[C@@]2(C)CCC(=O)C[C@@H]12. The second-order valence-corrected chi connectivity index (χ2v) is 10.2. The van der Waals surface area contributed by atoms with Gasteiger partial charge in [0, 0.05) is 31.1 Å². The van der Waals surface area contributed by atoms with Crippen molar-refractivity contribution in [3.63, 3.8) is 0 Å². The summed E-state index contributed by atoms with van der Waals surface area (Å²) in [4.78, 5) is 37.8. The molecule has 4 aliphatic carbocycles. The van der Waals surface area contributed by atoms with Crippen LogP contribution in [0.4, 0.5) is 0 Å². The fourth-order valence-electron chi connectivity index (χ4n) is 7.98. The predicted octanol–water partition coefficient (Wildman–Crippen LogP) is 3.20. The first-order chi connectivity index (χ1) is 12.2. The summed E-state index contributed by atoms with van der Waals surface area (Å²) < 4.78 is 0. The first kappa shape index (κ1) is 18.3. The third-order valence-electron chi connectivity index (χ3n) is 9.08. The summed E-state index contributed by atoms with van der Waals surface area (Å²) in [6.45, 7) is 6.25. The molecular weight excluding hydrogens is 328 g/mol. The molecule has 0 unspecified atom stereocenters. The van der Waals surface area contributed by atoms with Crippen LogP contribution in [0.25, 0.3) is 0 Å². The van der Waals surface area contributed by atoms with E-state index in [9.17, 15) is 19.5 Å². The molecule has 0 aromatic heterocycles. The molecule has 4 fully saturated rings. The second kappa shape index (κ2) is 5.98. The van der Waals surface area contributed by atoms with Gasteiger partial charge in [0.1, 0.15) is 18.2 Å². The molecule has 0 radical (unpaired) electrons. The van der Waals surface area contributed by atoms with Gasteiger partial charge in [-0.05, 0) is 60.2 Å². The first-order valence-electron chi connectivity index (χ1n) is 10.4. The highest BCUT2D eigenvalue weighted by atomic mass is 16.3. The van der Waals surface area contributed by atoms with Crippen molar-refractivity contribution in [1.82, 2.24) is 0 Å². The van der Waals surface area contributed by atoms with Crippen molar-refractivity contribution < 1.29 is 19.5 Å². The van der Waals surface area contributed by atoms with E-state index in [-0.39, 0.29) is 28.4 Å². The zero-order valence-electron chi connectivity index (χ0n) is 16.3. The summed E-state index contributed by atoms with van der Waals surface area (Å²) in [7, 11) is 0. The quantitative estimate of drug-likeness (QED) is 0.821. The highest BCUT2D eigenvalue weighted by Gasteiger charge is 2.65. The molecule has 0 aliphatic heterocycles. The summed E-state index contributed by atoms with van der Waals surface area (Å²) in [6, 6.07) is 0. The number of fused-ring (bicyclic) bond motifs is 5. The number of rotatable bonds is 2. The van der Waals surface area contributed by atoms with Crippen molar-refractivity contribution >= 4 is 17.3 Å². The zero-order valence-corrected chi connectivity index (χ0v) is 16.3. The van der Waals surface area contributed by atoms with Gasteiger partial charge in [0.25, 0.3) is 0 Å². The Labute approximate surface area is 156 Å². The van der Waals surface area contributed by atoms with Gasteiger partial charge >= 0.3 is 0 Å². The van der Waals surface area contributed by atoms with Crippen molar-refractivity contribution in [2.75, 3.05) is 6.61 Å². The van der Waals surface area contributed by atoms with Gasteiger partial charge in [0.15, 0.2) is 5.78 Å². The van der Waals surface area contributed by atoms with Crippen molar-refractivity contribution in [3.05, 3.63) is 0 Å². The van der Waals surface area contributed by atoms with E-state index in [1.165, 1.54) is 0 Å². The minimum atomic E-state index is -0.409. The van der Waals surface area contributed by atoms with Crippen LogP contribution in [0.15, 0.2) is 0 Å². The van der Waals surface area contributed by atoms with Crippen molar-refractivity contribution in [2.45, 2.75) is 65.7 Å². The number of hydrogen-bond acceptors (Lipinski definition) is 4. The Morgan fingerprint density at radius 3 is 2.58 bits per heavy atom. The van der Waals surface area contributed by atoms with Gasteiger partial charge in [-0.2, -0.15) is 0 Å². The molecule has 0 saturated heterocycles. The number of Topliss-reactive ketones (excluding diaryl/α,β-unsaturated/α-hetero) is 3. The Hall–Kier alpha value is -1.03. The normalized spacial score (nSPS) is 50.8. The minimum absolute atomic E-state index is 0.0536. The lowest BCUT2D eigenvalue weighted by molar-refractivity contribution is -0.167. The summed E-state index contributed by atoms with van der Waals surface area (Å²) in [5.41, 5.74) is -0.348. The smallest absolute Gasteiger partial charge is 0.161 e. The molecule has 4 heteroatoms. The van der Waals surface area contributed by atoms with Gasteiger partial charge in [-0.3, -0.25) is 14.4 Å². The lowest BCUT2D eigenvalue weighted by Gasteiger charge is -2.60. The first-order valence-corrected chi connectivity index (χ1v) is 10.4. The van der Waals surface area contributed by atoms with Crippen LogP contribution in [-0.2, 0) is 14.4 Å². The number of hydrogen-bond donors (Lipinski definition) is 1. The summed E-state index contributed by atoms with van der Waals surface area (Å²) >= 11 is 0. The highest BCUT2D eigenvalue weighted by molar-refractivity contribution is 5.88. The van der Waals surface area contributed by atoms with Gasteiger partial charge in [-0.1, -0.05) is 20.8 Å². The van der Waals surface area contributed by atoms with Crippen LogP contribution in [0.3, 0.4) is 0 Å². The topological polar surface area (TPSA) is 71.4 Å². The third kappa shape index (κ3) is 2.33. The van der Waals surface area contributed by atoms with Gasteiger partial charge in [-0.25, -0.2) is 0 Å². The van der Waals surface area contributed by atoms with Crippen molar-refractivity contribution in [2.24, 2.45) is 46.3 Å². The third-order valence-corrected chi connectivity index (χ3v) is 9.08. The number of aliphatic hydroxyl groups is 1. The van der Waals surface area contributed by atoms with E-state index in [1.54, 1.807) is 0 Å². The van der Waals surface area contributed by atoms with Gasteiger partial charge in [-0.15, -0.1) is 0 Å². The molecule has 4 nitrogen and oxygen atoms in total.